The van der Waals surface area contributed by atoms with Crippen LogP contribution < -0.4 is 4.90 Å². The Hall–Kier alpha value is -1.21. The number of para-hydroxylation sites is 1. The molecule has 5 nitrogen and oxygen atoms in total. The van der Waals surface area contributed by atoms with Gasteiger partial charge in [0.15, 0.2) is 5.13 Å². The molecule has 1 amide bonds. The number of aromatic nitrogens is 1. The summed E-state index contributed by atoms with van der Waals surface area (Å²) in [5.41, 5.74) is 0.802. The van der Waals surface area contributed by atoms with Crippen LogP contribution in [0.1, 0.15) is 32.1 Å². The minimum Gasteiger partial charge on any atom is -0.379 e. The Morgan fingerprint density at radius 2 is 2.07 bits per heavy atom. The van der Waals surface area contributed by atoms with Crippen LogP contribution in [0.4, 0.5) is 5.13 Å². The van der Waals surface area contributed by atoms with E-state index >= 15 is 0 Å². The summed E-state index contributed by atoms with van der Waals surface area (Å²) in [5, 5.41) is 1.44. The summed E-state index contributed by atoms with van der Waals surface area (Å²) in [6.45, 7) is 5.27. The summed E-state index contributed by atoms with van der Waals surface area (Å²) in [6.07, 6.45) is 5.27. The van der Waals surface area contributed by atoms with Gasteiger partial charge in [0.2, 0.25) is 5.91 Å². The van der Waals surface area contributed by atoms with E-state index in [0.29, 0.717) is 11.6 Å². The van der Waals surface area contributed by atoms with E-state index in [1.54, 1.807) is 11.3 Å². The van der Waals surface area contributed by atoms with Crippen molar-refractivity contribution in [3.8, 4) is 0 Å². The van der Waals surface area contributed by atoms with Gasteiger partial charge in [-0.05, 0) is 31.4 Å². The van der Waals surface area contributed by atoms with Gasteiger partial charge >= 0.3 is 0 Å². The fourth-order valence-electron chi connectivity index (χ4n) is 3.99. The van der Waals surface area contributed by atoms with Crippen LogP contribution in [0.15, 0.2) is 18.2 Å². The van der Waals surface area contributed by atoms with Crippen LogP contribution in [0.25, 0.3) is 10.2 Å². The van der Waals surface area contributed by atoms with Crippen molar-refractivity contribution in [3.63, 3.8) is 0 Å². The number of amides is 1. The Balaban J connectivity index is 1.51. The van der Waals surface area contributed by atoms with Crippen molar-refractivity contribution in [2.45, 2.75) is 32.1 Å². The van der Waals surface area contributed by atoms with Crippen LogP contribution in [0.3, 0.4) is 0 Å². The van der Waals surface area contributed by atoms with E-state index in [-0.39, 0.29) is 11.8 Å². The third-order valence-electron chi connectivity index (χ3n) is 5.52. The zero-order chi connectivity index (χ0) is 18.6. The highest BCUT2D eigenvalue weighted by Crippen LogP contribution is 2.35. The molecule has 0 N–H and O–H groups in total. The molecule has 0 bridgehead atoms. The third kappa shape index (κ3) is 4.45. The van der Waals surface area contributed by atoms with Crippen LogP contribution in [-0.4, -0.2) is 55.2 Å². The van der Waals surface area contributed by atoms with Crippen LogP contribution in [0, 0.1) is 5.92 Å². The number of nitrogens with zero attached hydrogens (tertiary/aromatic N) is 3. The molecule has 2 aromatic rings. The molecule has 1 saturated heterocycles. The van der Waals surface area contributed by atoms with Crippen molar-refractivity contribution in [1.29, 1.82) is 0 Å². The third-order valence-corrected chi connectivity index (χ3v) is 6.87. The van der Waals surface area contributed by atoms with Crippen molar-refractivity contribution in [3.05, 3.63) is 23.2 Å². The minimum absolute atomic E-state index is 0.149. The number of carbonyl (C=O) groups is 1. The van der Waals surface area contributed by atoms with Crippen LogP contribution in [0.5, 0.6) is 0 Å². The molecule has 27 heavy (non-hydrogen) atoms. The normalized spacial score (nSPS) is 19.0. The second kappa shape index (κ2) is 8.86. The predicted octanol–water partition coefficient (Wildman–Crippen LogP) is 4.20. The highest BCUT2D eigenvalue weighted by Gasteiger charge is 2.30. The van der Waals surface area contributed by atoms with Crippen molar-refractivity contribution >= 4 is 44.2 Å². The number of anilines is 1. The highest BCUT2D eigenvalue weighted by atomic mass is 35.5. The number of rotatable bonds is 6. The van der Waals surface area contributed by atoms with E-state index in [1.165, 1.54) is 0 Å². The van der Waals surface area contributed by atoms with Gasteiger partial charge in [0.1, 0.15) is 5.52 Å². The monoisotopic (exact) mass is 407 g/mol. The van der Waals surface area contributed by atoms with Gasteiger partial charge in [0.25, 0.3) is 0 Å². The first-order chi connectivity index (χ1) is 13.2. The second-order valence-corrected chi connectivity index (χ2v) is 8.78. The van der Waals surface area contributed by atoms with E-state index < -0.39 is 0 Å². The number of halogens is 1. The second-order valence-electron chi connectivity index (χ2n) is 7.36. The number of benzene rings is 1. The van der Waals surface area contributed by atoms with Gasteiger partial charge in [-0.15, -0.1) is 0 Å². The largest absolute Gasteiger partial charge is 0.379 e. The van der Waals surface area contributed by atoms with Crippen molar-refractivity contribution in [1.82, 2.24) is 9.88 Å². The summed E-state index contributed by atoms with van der Waals surface area (Å²) >= 11 is 7.88. The standard InChI is InChI=1S/C20H26ClN3O2S/c21-16-7-3-8-17-18(16)22-20(27-17)24(19(25)15-5-1-2-6-15)10-4-9-23-11-13-26-14-12-23/h3,7-8,15H,1-2,4-6,9-14H2. The average molecular weight is 408 g/mol. The van der Waals surface area contributed by atoms with Gasteiger partial charge in [0, 0.05) is 32.1 Å². The molecule has 1 aliphatic heterocycles. The maximum Gasteiger partial charge on any atom is 0.231 e. The van der Waals surface area contributed by atoms with E-state index in [4.69, 9.17) is 21.3 Å². The summed E-state index contributed by atoms with van der Waals surface area (Å²) in [4.78, 5) is 22.3. The molecule has 0 radical (unpaired) electrons. The topological polar surface area (TPSA) is 45.7 Å². The van der Waals surface area contributed by atoms with Gasteiger partial charge in [0.05, 0.1) is 22.9 Å². The molecular weight excluding hydrogens is 382 g/mol. The van der Waals surface area contributed by atoms with E-state index in [9.17, 15) is 4.79 Å². The molecule has 146 valence electrons. The molecule has 0 unspecified atom stereocenters. The molecule has 4 rings (SSSR count). The number of fused-ring (bicyclic) bond motifs is 1. The lowest BCUT2D eigenvalue weighted by Crippen LogP contribution is -2.40. The van der Waals surface area contributed by atoms with Gasteiger partial charge in [-0.3, -0.25) is 14.6 Å². The molecule has 1 aromatic carbocycles. The van der Waals surface area contributed by atoms with Crippen LogP contribution in [-0.2, 0) is 9.53 Å². The number of hydrogen-bond donors (Lipinski definition) is 0. The molecule has 0 spiro atoms. The minimum atomic E-state index is 0.149. The number of carbonyl (C=O) groups excluding carboxylic acids is 1. The van der Waals surface area contributed by atoms with Crippen LogP contribution >= 0.6 is 22.9 Å². The van der Waals surface area contributed by atoms with Gasteiger partial charge < -0.3 is 4.74 Å². The summed E-state index contributed by atoms with van der Waals surface area (Å²) in [5.74, 6) is 0.389. The van der Waals surface area contributed by atoms with Gasteiger partial charge in [-0.25, -0.2) is 4.98 Å². The molecular formula is C20H26ClN3O2S. The number of hydrogen-bond acceptors (Lipinski definition) is 5. The Morgan fingerprint density at radius 1 is 1.30 bits per heavy atom. The zero-order valence-electron chi connectivity index (χ0n) is 15.5. The zero-order valence-corrected chi connectivity index (χ0v) is 17.1. The fourth-order valence-corrected chi connectivity index (χ4v) is 5.29. The first kappa shape index (κ1) is 19.1. The predicted molar refractivity (Wildman–Crippen MR) is 111 cm³/mol. The van der Waals surface area contributed by atoms with Gasteiger partial charge in [-0.1, -0.05) is 41.8 Å². The fraction of sp³-hybridized carbons (Fsp3) is 0.600. The Bertz CT molecular complexity index is 785. The van der Waals surface area contributed by atoms with E-state index in [1.807, 2.05) is 23.1 Å². The summed E-state index contributed by atoms with van der Waals surface area (Å²) < 4.78 is 6.46. The van der Waals surface area contributed by atoms with Crippen molar-refractivity contribution in [2.24, 2.45) is 5.92 Å². The average Bonchev–Trinajstić information content (AvgIpc) is 3.36. The molecule has 1 saturated carbocycles. The lowest BCUT2D eigenvalue weighted by atomic mass is 10.1. The molecule has 2 fully saturated rings. The molecule has 2 aliphatic rings. The highest BCUT2D eigenvalue weighted by molar-refractivity contribution is 7.22. The number of morpholine rings is 1. The van der Waals surface area contributed by atoms with Gasteiger partial charge in [-0.2, -0.15) is 0 Å². The molecule has 0 atom stereocenters. The lowest BCUT2D eigenvalue weighted by molar-refractivity contribution is -0.122. The molecule has 1 aliphatic carbocycles. The van der Waals surface area contributed by atoms with Crippen LogP contribution in [0.2, 0.25) is 5.02 Å². The number of ether oxygens (including phenoxy) is 1. The molecule has 7 heteroatoms. The first-order valence-corrected chi connectivity index (χ1v) is 11.1. The first-order valence-electron chi connectivity index (χ1n) is 9.89. The maximum absolute atomic E-state index is 13.2. The molecule has 2 heterocycles. The van der Waals surface area contributed by atoms with Crippen molar-refractivity contribution < 1.29 is 9.53 Å². The summed E-state index contributed by atoms with van der Waals surface area (Å²) in [6, 6.07) is 5.82. The SMILES string of the molecule is O=C(C1CCCC1)N(CCCN1CCOCC1)c1nc2c(Cl)cccc2s1. The maximum atomic E-state index is 13.2. The van der Waals surface area contributed by atoms with E-state index in [0.717, 1.165) is 80.3 Å². The van der Waals surface area contributed by atoms with Crippen molar-refractivity contribution in [2.75, 3.05) is 44.3 Å². The Kier molecular flexibility index (Phi) is 6.28. The lowest BCUT2D eigenvalue weighted by Gasteiger charge is -2.28. The Morgan fingerprint density at radius 3 is 2.81 bits per heavy atom. The Labute approximate surface area is 169 Å². The number of thiazole rings is 1. The molecule has 1 aromatic heterocycles. The van der Waals surface area contributed by atoms with E-state index in [2.05, 4.69) is 4.90 Å². The quantitative estimate of drug-likeness (QED) is 0.720. The smallest absolute Gasteiger partial charge is 0.231 e. The summed E-state index contributed by atoms with van der Waals surface area (Å²) in [7, 11) is 0.